The van der Waals surface area contributed by atoms with Crippen molar-refractivity contribution in [2.75, 3.05) is 9.80 Å². The molecule has 3 heterocycles. The number of benzene rings is 7. The molecule has 6 nitrogen and oxygen atoms in total. The van der Waals surface area contributed by atoms with Crippen LogP contribution in [0.25, 0.3) is 72.7 Å². The highest BCUT2D eigenvalue weighted by molar-refractivity contribution is 6.19. The van der Waals surface area contributed by atoms with E-state index in [0.29, 0.717) is 23.6 Å². The molecule has 2 unspecified atom stereocenters. The summed E-state index contributed by atoms with van der Waals surface area (Å²) in [6, 6.07) is 39.6. The molecule has 2 fully saturated rings. The highest BCUT2D eigenvalue weighted by Crippen LogP contribution is 2.51. The number of ether oxygens (including phenoxy) is 1. The number of fused-ring (bicyclic) bond motifs is 8. The summed E-state index contributed by atoms with van der Waals surface area (Å²) in [6.45, 7) is 23.3. The summed E-state index contributed by atoms with van der Waals surface area (Å²) in [6.07, 6.45) is 40.8. The Balaban J connectivity index is 0.000000391. The average Bonchev–Trinajstić information content (AvgIpc) is 1.84. The molecule has 2 saturated carbocycles. The number of aromatic hydroxyl groups is 1. The molecule has 0 spiro atoms. The third kappa shape index (κ3) is 11.0. The quantitative estimate of drug-likeness (QED) is 0.130. The lowest BCUT2D eigenvalue weighted by Crippen LogP contribution is -2.34. The predicted octanol–water partition coefficient (Wildman–Crippen LogP) is 22.8. The van der Waals surface area contributed by atoms with Crippen LogP contribution in [0, 0.1) is 11.8 Å². The van der Waals surface area contributed by atoms with Gasteiger partial charge in [-0.15, -0.1) is 0 Å². The van der Waals surface area contributed by atoms with Crippen molar-refractivity contribution in [1.29, 1.82) is 0 Å². The molecule has 88 heavy (non-hydrogen) atoms. The van der Waals surface area contributed by atoms with Crippen molar-refractivity contribution >= 4 is 95.4 Å². The number of para-hydroxylation sites is 4. The van der Waals surface area contributed by atoms with Gasteiger partial charge in [-0.05, 0) is 159 Å². The van der Waals surface area contributed by atoms with E-state index in [9.17, 15) is 5.11 Å². The number of hydrogen-bond donors (Lipinski definition) is 1. The second kappa shape index (κ2) is 26.1. The lowest BCUT2D eigenvalue weighted by atomic mass is 9.90. The predicted molar refractivity (Wildman–Crippen MR) is 375 cm³/mol. The van der Waals surface area contributed by atoms with Crippen molar-refractivity contribution in [3.8, 4) is 5.75 Å². The smallest absolute Gasteiger partial charge is 0.159 e. The maximum Gasteiger partial charge on any atom is 0.159 e. The standard InChI is InChI=1S/C65H54N2O4.C11H18.C4H6.C2H6/c1-4-40-16-9-24-55(62(40)68)66(54-23-10-17-44-37-59(54)69-39(3)38(44)2)46-33-30-42-31-34-52-53(35-32-43-28-29-45(36-46)60(42)61(43)52)67(56-25-12-21-49-48-18-7-8-27-58(48)70-64(49)56)57-26-13-22-51-50-20-11-19-47(41-14-5-6-15-41)63(50)71-65(51)57;1-3-4-7-10(2)11-8-5-6-9-11;1-3-4-2;1-2/h4,8-13,16-17,19-35,41,44,59,68H,1,5-7,14-15,18,36-37H2,2-3H3;3-4,7,11H,5-6,8-9H2,1-2H3;3-4H,1-2H2;1-2H3/b;4-3-,10-7+;;. The van der Waals surface area contributed by atoms with Crippen LogP contribution < -0.4 is 15.0 Å². The van der Waals surface area contributed by atoms with Crippen LogP contribution >= 0.6 is 0 Å². The fourth-order valence-electron chi connectivity index (χ4n) is 14.6. The first kappa shape index (κ1) is 59.3. The number of anilines is 4. The van der Waals surface area contributed by atoms with Gasteiger partial charge in [0.1, 0.15) is 23.2 Å². The van der Waals surface area contributed by atoms with Crippen molar-refractivity contribution in [3.05, 3.63) is 251 Å². The summed E-state index contributed by atoms with van der Waals surface area (Å²) in [7, 11) is 0. The number of phenolic OH excluding ortho intramolecular Hbond substituents is 1. The van der Waals surface area contributed by atoms with E-state index in [1.54, 1.807) is 23.8 Å². The van der Waals surface area contributed by atoms with Gasteiger partial charge in [0, 0.05) is 57.1 Å². The van der Waals surface area contributed by atoms with Crippen LogP contribution in [-0.2, 0) is 17.6 Å². The first-order valence-electron chi connectivity index (χ1n) is 32.3. The lowest BCUT2D eigenvalue weighted by Gasteiger charge is -2.38. The molecule has 15 rings (SSSR count). The van der Waals surface area contributed by atoms with Gasteiger partial charge in [0.25, 0.3) is 0 Å². The molecule has 6 heteroatoms. The number of aryl methyl sites for hydroxylation is 1. The SMILES string of the molecule is C/C=C\C=C(/C)C1CCCC1.C=CC=C.C=Cc1cccc(N(C2=CC=c3ccc4c(N(c5cccc6c7c(oc56)C=CCC7)c5cccc6c5oc5c(C7CCCC7)cccc56)ccc5ccc(c3c54)C2)C2=CC=CC3CC2OC(C)=C3C)c1O.CC. The molecule has 0 radical (unpaired) electrons. The summed E-state index contributed by atoms with van der Waals surface area (Å²) in [5.41, 5.74) is 15.8. The topological polar surface area (TPSA) is 62.2 Å². The lowest BCUT2D eigenvalue weighted by molar-refractivity contribution is 0.108. The third-order valence-electron chi connectivity index (χ3n) is 19.2. The van der Waals surface area contributed by atoms with Gasteiger partial charge in [-0.2, -0.15) is 0 Å². The van der Waals surface area contributed by atoms with Crippen LogP contribution in [0.2, 0.25) is 0 Å². The van der Waals surface area contributed by atoms with Gasteiger partial charge in [0.2, 0.25) is 0 Å². The minimum Gasteiger partial charge on any atom is -0.505 e. The Morgan fingerprint density at radius 3 is 2.11 bits per heavy atom. The molecule has 0 amide bonds. The molecule has 9 aromatic rings. The van der Waals surface area contributed by atoms with Gasteiger partial charge in [0.15, 0.2) is 11.2 Å². The Kier molecular flexibility index (Phi) is 17.6. The van der Waals surface area contributed by atoms with Gasteiger partial charge in [-0.25, -0.2) is 0 Å². The Morgan fingerprint density at radius 2 is 1.36 bits per heavy atom. The highest BCUT2D eigenvalue weighted by Gasteiger charge is 2.35. The van der Waals surface area contributed by atoms with Gasteiger partial charge in [-0.1, -0.05) is 211 Å². The summed E-state index contributed by atoms with van der Waals surface area (Å²) in [5, 5.41) is 21.3. The summed E-state index contributed by atoms with van der Waals surface area (Å²) >= 11 is 0. The number of nitrogens with zero attached hydrogens (tertiary/aromatic N) is 2. The fraction of sp³-hybridized carbons (Fsp3) is 0.268. The number of furan rings is 2. The number of hydrogen-bond acceptors (Lipinski definition) is 6. The molecule has 0 saturated heterocycles. The number of phenols is 1. The van der Waals surface area contributed by atoms with Crippen molar-refractivity contribution in [3.63, 3.8) is 0 Å². The Hall–Kier alpha value is -9.00. The molecular formula is C82H84N2O4. The molecule has 446 valence electrons. The summed E-state index contributed by atoms with van der Waals surface area (Å²) < 4.78 is 20.9. The van der Waals surface area contributed by atoms with Gasteiger partial charge >= 0.3 is 0 Å². The van der Waals surface area contributed by atoms with Crippen molar-refractivity contribution in [1.82, 2.24) is 0 Å². The van der Waals surface area contributed by atoms with Crippen LogP contribution in [-0.4, -0.2) is 11.2 Å². The maximum atomic E-state index is 12.0. The largest absolute Gasteiger partial charge is 0.505 e. The van der Waals surface area contributed by atoms with E-state index in [2.05, 4.69) is 209 Å². The zero-order valence-corrected chi connectivity index (χ0v) is 52.4. The van der Waals surface area contributed by atoms with Crippen LogP contribution in [0.5, 0.6) is 5.75 Å². The molecule has 1 aliphatic heterocycles. The van der Waals surface area contributed by atoms with E-state index in [4.69, 9.17) is 13.6 Å². The van der Waals surface area contributed by atoms with Gasteiger partial charge in [0.05, 0.1) is 34.2 Å². The summed E-state index contributed by atoms with van der Waals surface area (Å²) in [5.74, 6) is 3.77. The maximum absolute atomic E-state index is 12.0. The van der Waals surface area contributed by atoms with Crippen molar-refractivity contribution in [2.24, 2.45) is 11.8 Å². The van der Waals surface area contributed by atoms with Gasteiger partial charge in [-0.3, -0.25) is 0 Å². The van der Waals surface area contributed by atoms with Crippen LogP contribution in [0.15, 0.2) is 227 Å². The van der Waals surface area contributed by atoms with E-state index < -0.39 is 0 Å². The minimum absolute atomic E-state index is 0.189. The molecule has 1 N–H and O–H groups in total. The third-order valence-corrected chi connectivity index (χ3v) is 19.2. The molecule has 6 aliphatic rings. The van der Waals surface area contributed by atoms with Crippen LogP contribution in [0.1, 0.15) is 140 Å². The average molecular weight is 1160 g/mol. The molecule has 7 aromatic carbocycles. The molecule has 2 atom stereocenters. The van der Waals surface area contributed by atoms with E-state index in [0.717, 1.165) is 109 Å². The molecule has 2 aromatic heterocycles. The normalized spacial score (nSPS) is 18.1. The first-order valence-corrected chi connectivity index (χ1v) is 32.3. The van der Waals surface area contributed by atoms with Crippen LogP contribution in [0.4, 0.5) is 22.7 Å². The van der Waals surface area contributed by atoms with E-state index in [-0.39, 0.29) is 17.8 Å². The summed E-state index contributed by atoms with van der Waals surface area (Å²) in [4.78, 5) is 4.65. The second-order valence-electron chi connectivity index (χ2n) is 24.1. The van der Waals surface area contributed by atoms with Gasteiger partial charge < -0.3 is 28.5 Å². The zero-order chi connectivity index (χ0) is 61.0. The van der Waals surface area contributed by atoms with E-state index in [1.165, 1.54) is 89.8 Å². The molecular weight excluding hydrogens is 1080 g/mol. The minimum atomic E-state index is -0.212. The number of allylic oxidation sites excluding steroid dienone is 14. The van der Waals surface area contributed by atoms with E-state index >= 15 is 0 Å². The second-order valence-corrected chi connectivity index (χ2v) is 24.1. The van der Waals surface area contributed by atoms with Crippen molar-refractivity contribution in [2.45, 2.75) is 131 Å². The highest BCUT2D eigenvalue weighted by atomic mass is 16.5. The van der Waals surface area contributed by atoms with Crippen molar-refractivity contribution < 1.29 is 18.7 Å². The Labute approximate surface area is 520 Å². The first-order chi connectivity index (χ1) is 43.2. The van der Waals surface area contributed by atoms with Crippen LogP contribution in [0.3, 0.4) is 0 Å². The molecule has 5 aliphatic carbocycles. The van der Waals surface area contributed by atoms with E-state index in [1.807, 2.05) is 32.0 Å². The Morgan fingerprint density at radius 1 is 0.670 bits per heavy atom. The number of rotatable bonds is 11. The monoisotopic (exact) mass is 1160 g/mol. The fourth-order valence-corrected chi connectivity index (χ4v) is 14.6. The molecule has 2 bridgehead atoms. The zero-order valence-electron chi connectivity index (χ0n) is 52.4. The Bertz CT molecular complexity index is 4430.